The standard InChI is InChI=1S/C19H25FN4O.HI/c1-4-21-19(22-11-13-9-17(12(2)3)24-25-13)23-18-10-15(18)14-7-5-6-8-16(14)20;/h5-9,12,15,18H,4,10-11H2,1-3H3,(H2,21,22,23);1H. The molecule has 0 radical (unpaired) electrons. The van der Waals surface area contributed by atoms with Crippen molar-refractivity contribution in [2.75, 3.05) is 6.54 Å². The summed E-state index contributed by atoms with van der Waals surface area (Å²) in [6.45, 7) is 7.35. The van der Waals surface area contributed by atoms with Crippen molar-refractivity contribution in [3.8, 4) is 0 Å². The van der Waals surface area contributed by atoms with Gasteiger partial charge in [0.1, 0.15) is 12.4 Å². The summed E-state index contributed by atoms with van der Waals surface area (Å²) in [6, 6.07) is 9.11. The molecule has 1 saturated carbocycles. The molecule has 7 heteroatoms. The molecule has 0 amide bonds. The molecule has 3 rings (SSSR count). The zero-order valence-corrected chi connectivity index (χ0v) is 17.7. The highest BCUT2D eigenvalue weighted by Crippen LogP contribution is 2.41. The highest BCUT2D eigenvalue weighted by Gasteiger charge is 2.40. The SMILES string of the molecule is CCNC(=NCc1cc(C(C)C)no1)NC1CC1c1ccccc1F.I. The van der Waals surface area contributed by atoms with E-state index in [1.54, 1.807) is 6.07 Å². The van der Waals surface area contributed by atoms with Crippen LogP contribution in [0.25, 0.3) is 0 Å². The maximum Gasteiger partial charge on any atom is 0.191 e. The van der Waals surface area contributed by atoms with Crippen LogP contribution in [0.1, 0.15) is 56.0 Å². The fourth-order valence-corrected chi connectivity index (χ4v) is 2.80. The number of aromatic nitrogens is 1. The molecule has 0 bridgehead atoms. The lowest BCUT2D eigenvalue weighted by molar-refractivity contribution is 0.376. The van der Waals surface area contributed by atoms with Crippen molar-refractivity contribution in [2.45, 2.75) is 51.6 Å². The van der Waals surface area contributed by atoms with Gasteiger partial charge in [-0.2, -0.15) is 0 Å². The lowest BCUT2D eigenvalue weighted by Gasteiger charge is -2.11. The third-order valence-electron chi connectivity index (χ3n) is 4.32. The molecule has 2 aromatic rings. The quantitative estimate of drug-likeness (QED) is 0.377. The Labute approximate surface area is 170 Å². The van der Waals surface area contributed by atoms with Gasteiger partial charge in [0.05, 0.1) is 5.69 Å². The van der Waals surface area contributed by atoms with Crippen molar-refractivity contribution in [3.63, 3.8) is 0 Å². The number of nitrogens with zero attached hydrogens (tertiary/aromatic N) is 2. The van der Waals surface area contributed by atoms with Gasteiger partial charge in [0.25, 0.3) is 0 Å². The number of hydrogen-bond acceptors (Lipinski definition) is 3. The van der Waals surface area contributed by atoms with Crippen LogP contribution in [0.2, 0.25) is 0 Å². The van der Waals surface area contributed by atoms with Gasteiger partial charge in [-0.3, -0.25) is 0 Å². The largest absolute Gasteiger partial charge is 0.359 e. The van der Waals surface area contributed by atoms with Crippen molar-refractivity contribution in [1.29, 1.82) is 0 Å². The minimum atomic E-state index is -0.137. The first kappa shape index (κ1) is 20.7. The van der Waals surface area contributed by atoms with E-state index in [0.29, 0.717) is 18.4 Å². The summed E-state index contributed by atoms with van der Waals surface area (Å²) < 4.78 is 19.2. The predicted octanol–water partition coefficient (Wildman–Crippen LogP) is 4.17. The smallest absolute Gasteiger partial charge is 0.191 e. The van der Waals surface area contributed by atoms with Gasteiger partial charge in [0.15, 0.2) is 11.7 Å². The number of rotatable bonds is 6. The molecule has 2 N–H and O–H groups in total. The molecule has 1 heterocycles. The summed E-state index contributed by atoms with van der Waals surface area (Å²) in [5.41, 5.74) is 1.71. The van der Waals surface area contributed by atoms with Crippen LogP contribution >= 0.6 is 24.0 Å². The lowest BCUT2D eigenvalue weighted by Crippen LogP contribution is -2.39. The molecule has 0 aliphatic heterocycles. The third-order valence-corrected chi connectivity index (χ3v) is 4.32. The first-order valence-corrected chi connectivity index (χ1v) is 8.83. The van der Waals surface area contributed by atoms with Gasteiger partial charge in [0.2, 0.25) is 0 Å². The number of halogens is 2. The molecule has 1 aliphatic carbocycles. The second-order valence-corrected chi connectivity index (χ2v) is 6.68. The number of hydrogen-bond donors (Lipinski definition) is 2. The molecule has 5 nitrogen and oxygen atoms in total. The van der Waals surface area contributed by atoms with E-state index < -0.39 is 0 Å². The maximum atomic E-state index is 13.9. The zero-order chi connectivity index (χ0) is 17.8. The van der Waals surface area contributed by atoms with Crippen LogP contribution in [-0.2, 0) is 6.54 Å². The number of aliphatic imine (C=N–C) groups is 1. The number of nitrogens with one attached hydrogen (secondary N) is 2. The van der Waals surface area contributed by atoms with Crippen LogP contribution in [0.15, 0.2) is 39.8 Å². The Bertz CT molecular complexity index is 747. The van der Waals surface area contributed by atoms with Crippen molar-refractivity contribution in [3.05, 3.63) is 53.2 Å². The molecule has 26 heavy (non-hydrogen) atoms. The van der Waals surface area contributed by atoms with E-state index in [4.69, 9.17) is 4.52 Å². The molecular weight excluding hydrogens is 446 g/mol. The van der Waals surface area contributed by atoms with Crippen molar-refractivity contribution in [2.24, 2.45) is 4.99 Å². The van der Waals surface area contributed by atoms with Crippen molar-refractivity contribution in [1.82, 2.24) is 15.8 Å². The monoisotopic (exact) mass is 472 g/mol. The van der Waals surface area contributed by atoms with Crippen LogP contribution < -0.4 is 10.6 Å². The van der Waals surface area contributed by atoms with Gasteiger partial charge in [-0.15, -0.1) is 24.0 Å². The summed E-state index contributed by atoms with van der Waals surface area (Å²) >= 11 is 0. The average molecular weight is 472 g/mol. The number of benzene rings is 1. The molecule has 2 atom stereocenters. The summed E-state index contributed by atoms with van der Waals surface area (Å²) in [5.74, 6) is 1.85. The van der Waals surface area contributed by atoms with Gasteiger partial charge in [-0.25, -0.2) is 9.38 Å². The summed E-state index contributed by atoms with van der Waals surface area (Å²) in [5, 5.41) is 10.6. The molecule has 1 fully saturated rings. The van der Waals surface area contributed by atoms with E-state index in [2.05, 4.69) is 34.6 Å². The van der Waals surface area contributed by atoms with Gasteiger partial charge >= 0.3 is 0 Å². The minimum Gasteiger partial charge on any atom is -0.359 e. The van der Waals surface area contributed by atoms with E-state index in [0.717, 1.165) is 30.0 Å². The van der Waals surface area contributed by atoms with Gasteiger partial charge < -0.3 is 15.2 Å². The Balaban J connectivity index is 0.00000243. The molecule has 142 valence electrons. The first-order valence-electron chi connectivity index (χ1n) is 8.83. The predicted molar refractivity (Wildman–Crippen MR) is 112 cm³/mol. The summed E-state index contributed by atoms with van der Waals surface area (Å²) in [6.07, 6.45) is 0.908. The number of guanidine groups is 1. The van der Waals surface area contributed by atoms with Crippen LogP contribution in [0.4, 0.5) is 4.39 Å². The van der Waals surface area contributed by atoms with Crippen LogP contribution in [0.5, 0.6) is 0 Å². The summed E-state index contributed by atoms with van der Waals surface area (Å²) in [4.78, 5) is 4.55. The molecule has 0 spiro atoms. The minimum absolute atomic E-state index is 0. The highest BCUT2D eigenvalue weighted by molar-refractivity contribution is 14.0. The Morgan fingerprint density at radius 3 is 2.81 bits per heavy atom. The molecule has 1 aromatic heterocycles. The third kappa shape index (κ3) is 5.18. The molecule has 1 aliphatic rings. The fourth-order valence-electron chi connectivity index (χ4n) is 2.80. The zero-order valence-electron chi connectivity index (χ0n) is 15.3. The summed E-state index contributed by atoms with van der Waals surface area (Å²) in [7, 11) is 0. The highest BCUT2D eigenvalue weighted by atomic mass is 127. The molecular formula is C19H26FIN4O. The van der Waals surface area contributed by atoms with Crippen LogP contribution in [0.3, 0.4) is 0 Å². The Hall–Kier alpha value is -1.64. The fraction of sp³-hybridized carbons (Fsp3) is 0.474. The van der Waals surface area contributed by atoms with E-state index in [9.17, 15) is 4.39 Å². The van der Waals surface area contributed by atoms with Gasteiger partial charge in [-0.05, 0) is 30.9 Å². The van der Waals surface area contributed by atoms with E-state index in [-0.39, 0.29) is 41.8 Å². The van der Waals surface area contributed by atoms with E-state index in [1.807, 2.05) is 25.1 Å². The topological polar surface area (TPSA) is 62.5 Å². The maximum absolute atomic E-state index is 13.9. The van der Waals surface area contributed by atoms with Crippen LogP contribution in [0, 0.1) is 5.82 Å². The molecule has 0 saturated heterocycles. The second-order valence-electron chi connectivity index (χ2n) is 6.68. The second kappa shape index (κ2) is 9.34. The van der Waals surface area contributed by atoms with Crippen molar-refractivity contribution < 1.29 is 8.91 Å². The van der Waals surface area contributed by atoms with Gasteiger partial charge in [-0.1, -0.05) is 37.2 Å². The van der Waals surface area contributed by atoms with Crippen molar-refractivity contribution >= 4 is 29.9 Å². The Morgan fingerprint density at radius 1 is 1.38 bits per heavy atom. The normalized spacial score (nSPS) is 19.2. The Kier molecular flexibility index (Phi) is 7.43. The molecule has 1 aromatic carbocycles. The Morgan fingerprint density at radius 2 is 2.15 bits per heavy atom. The van der Waals surface area contributed by atoms with E-state index >= 15 is 0 Å². The van der Waals surface area contributed by atoms with Gasteiger partial charge in [0, 0.05) is 24.6 Å². The van der Waals surface area contributed by atoms with Crippen LogP contribution in [-0.4, -0.2) is 23.7 Å². The average Bonchev–Trinajstić information content (AvgIpc) is 3.17. The van der Waals surface area contributed by atoms with E-state index in [1.165, 1.54) is 6.07 Å². The lowest BCUT2D eigenvalue weighted by atomic mass is 10.1. The molecule has 2 unspecified atom stereocenters. The first-order chi connectivity index (χ1) is 12.1.